The molecule has 0 amide bonds. The summed E-state index contributed by atoms with van der Waals surface area (Å²) < 4.78 is 5.78. The van der Waals surface area contributed by atoms with Gasteiger partial charge in [-0.2, -0.15) is 0 Å². The van der Waals surface area contributed by atoms with Crippen molar-refractivity contribution < 1.29 is 14.6 Å². The number of hydrogen-bond acceptors (Lipinski definition) is 3. The van der Waals surface area contributed by atoms with Crippen LogP contribution >= 0.6 is 11.6 Å². The highest BCUT2D eigenvalue weighted by Crippen LogP contribution is 2.33. The van der Waals surface area contributed by atoms with Crippen LogP contribution in [0.3, 0.4) is 0 Å². The molecule has 4 nitrogen and oxygen atoms in total. The first kappa shape index (κ1) is 15.3. The highest BCUT2D eigenvalue weighted by Gasteiger charge is 2.12. The summed E-state index contributed by atoms with van der Waals surface area (Å²) in [6, 6.07) is 6.76. The maximum atomic E-state index is 10.9. The third-order valence-electron chi connectivity index (χ3n) is 3.09. The van der Waals surface area contributed by atoms with Gasteiger partial charge in [-0.1, -0.05) is 25.4 Å². The molecule has 5 heteroatoms. The van der Waals surface area contributed by atoms with Gasteiger partial charge in [-0.05, 0) is 42.2 Å². The molecule has 0 aliphatic rings. The van der Waals surface area contributed by atoms with Crippen molar-refractivity contribution in [2.75, 3.05) is 0 Å². The smallest absolute Gasteiger partial charge is 0.354 e. The summed E-state index contributed by atoms with van der Waals surface area (Å²) in [5.74, 6) is 0.275. The quantitative estimate of drug-likeness (QED) is 0.892. The molecule has 0 saturated heterocycles. The minimum atomic E-state index is -1.09. The monoisotopic (exact) mass is 305 g/mol. The van der Waals surface area contributed by atoms with Gasteiger partial charge in [-0.25, -0.2) is 9.78 Å². The van der Waals surface area contributed by atoms with Gasteiger partial charge in [0.1, 0.15) is 11.5 Å². The lowest BCUT2D eigenvalue weighted by molar-refractivity contribution is 0.0690. The molecule has 0 radical (unpaired) electrons. The molecule has 1 heterocycles. The van der Waals surface area contributed by atoms with Crippen molar-refractivity contribution >= 4 is 17.6 Å². The minimum Gasteiger partial charge on any atom is -0.477 e. The Kier molecular flexibility index (Phi) is 4.48. The summed E-state index contributed by atoms with van der Waals surface area (Å²) >= 11 is 6.22. The Balaban J connectivity index is 2.37. The number of ether oxygens (including phenoxy) is 1. The fourth-order valence-corrected chi connectivity index (χ4v) is 2.38. The molecule has 0 unspecified atom stereocenters. The number of halogens is 1. The SMILES string of the molecule is Cc1cc(Cl)c(C(C)C)cc1Oc1ccnc(C(=O)O)c1. The van der Waals surface area contributed by atoms with Crippen molar-refractivity contribution in [2.45, 2.75) is 26.7 Å². The first-order valence-electron chi connectivity index (χ1n) is 6.55. The van der Waals surface area contributed by atoms with E-state index in [2.05, 4.69) is 18.8 Å². The maximum absolute atomic E-state index is 10.9. The summed E-state index contributed by atoms with van der Waals surface area (Å²) in [4.78, 5) is 14.7. The first-order valence-corrected chi connectivity index (χ1v) is 6.93. The second-order valence-electron chi connectivity index (χ2n) is 5.08. The number of aromatic nitrogens is 1. The molecule has 1 N–H and O–H groups in total. The lowest BCUT2D eigenvalue weighted by Crippen LogP contribution is -2.00. The number of aryl methyl sites for hydroxylation is 1. The molecule has 0 bridgehead atoms. The van der Waals surface area contributed by atoms with Crippen molar-refractivity contribution in [1.29, 1.82) is 0 Å². The van der Waals surface area contributed by atoms with Gasteiger partial charge < -0.3 is 9.84 Å². The molecule has 1 aromatic carbocycles. The van der Waals surface area contributed by atoms with Gasteiger partial charge in [-0.15, -0.1) is 0 Å². The van der Waals surface area contributed by atoms with Crippen LogP contribution in [0.15, 0.2) is 30.5 Å². The average molecular weight is 306 g/mol. The van der Waals surface area contributed by atoms with E-state index < -0.39 is 5.97 Å². The minimum absolute atomic E-state index is 0.0526. The van der Waals surface area contributed by atoms with Crippen LogP contribution in [-0.2, 0) is 0 Å². The van der Waals surface area contributed by atoms with Crippen LogP contribution in [0.1, 0.15) is 41.4 Å². The molecule has 0 aliphatic carbocycles. The van der Waals surface area contributed by atoms with E-state index in [4.69, 9.17) is 21.4 Å². The Bertz CT molecular complexity index is 683. The molecule has 0 fully saturated rings. The van der Waals surface area contributed by atoms with Crippen LogP contribution in [-0.4, -0.2) is 16.1 Å². The van der Waals surface area contributed by atoms with Gasteiger partial charge >= 0.3 is 5.97 Å². The van der Waals surface area contributed by atoms with E-state index in [9.17, 15) is 4.79 Å². The summed E-state index contributed by atoms with van der Waals surface area (Å²) in [6.45, 7) is 6.00. The molecule has 0 aliphatic heterocycles. The normalized spacial score (nSPS) is 10.7. The summed E-state index contributed by atoms with van der Waals surface area (Å²) in [7, 11) is 0. The largest absolute Gasteiger partial charge is 0.477 e. The van der Waals surface area contributed by atoms with Gasteiger partial charge in [0.2, 0.25) is 0 Å². The highest BCUT2D eigenvalue weighted by atomic mass is 35.5. The molecule has 110 valence electrons. The maximum Gasteiger partial charge on any atom is 0.354 e. The number of nitrogens with zero attached hydrogens (tertiary/aromatic N) is 1. The molecule has 2 aromatic rings. The Morgan fingerprint density at radius 1 is 1.33 bits per heavy atom. The Morgan fingerprint density at radius 2 is 2.05 bits per heavy atom. The van der Waals surface area contributed by atoms with Crippen LogP contribution in [0, 0.1) is 6.92 Å². The zero-order chi connectivity index (χ0) is 15.6. The van der Waals surface area contributed by atoms with E-state index in [-0.39, 0.29) is 11.6 Å². The molecule has 1 aromatic heterocycles. The van der Waals surface area contributed by atoms with E-state index in [1.807, 2.05) is 19.1 Å². The van der Waals surface area contributed by atoms with Crippen LogP contribution in [0.25, 0.3) is 0 Å². The fraction of sp³-hybridized carbons (Fsp3) is 0.250. The van der Waals surface area contributed by atoms with Gasteiger partial charge in [0, 0.05) is 17.3 Å². The number of carboxylic acid groups (broad SMARTS) is 1. The number of hydrogen-bond donors (Lipinski definition) is 1. The summed E-state index contributed by atoms with van der Waals surface area (Å²) in [5, 5.41) is 9.65. The average Bonchev–Trinajstić information content (AvgIpc) is 2.41. The zero-order valence-electron chi connectivity index (χ0n) is 12.1. The third kappa shape index (κ3) is 3.52. The molecule has 0 spiro atoms. The predicted octanol–water partition coefficient (Wildman–Crippen LogP) is 4.66. The number of aromatic carboxylic acids is 1. The lowest BCUT2D eigenvalue weighted by atomic mass is 10.0. The van der Waals surface area contributed by atoms with Crippen LogP contribution < -0.4 is 4.74 Å². The van der Waals surface area contributed by atoms with Crippen molar-refractivity contribution in [3.05, 3.63) is 52.3 Å². The van der Waals surface area contributed by atoms with Crippen LogP contribution in [0.4, 0.5) is 0 Å². The molecule has 2 rings (SSSR count). The number of carbonyl (C=O) groups is 1. The van der Waals surface area contributed by atoms with E-state index in [0.29, 0.717) is 16.5 Å². The number of pyridine rings is 1. The zero-order valence-corrected chi connectivity index (χ0v) is 12.8. The molecular weight excluding hydrogens is 290 g/mol. The number of rotatable bonds is 4. The van der Waals surface area contributed by atoms with E-state index in [1.165, 1.54) is 12.3 Å². The highest BCUT2D eigenvalue weighted by molar-refractivity contribution is 6.31. The molecular formula is C16H16ClNO3. The Labute approximate surface area is 128 Å². The van der Waals surface area contributed by atoms with Gasteiger partial charge in [0.05, 0.1) is 0 Å². The van der Waals surface area contributed by atoms with Crippen molar-refractivity contribution in [1.82, 2.24) is 4.98 Å². The first-order chi connectivity index (χ1) is 9.88. The van der Waals surface area contributed by atoms with E-state index in [0.717, 1.165) is 11.1 Å². The topological polar surface area (TPSA) is 59.4 Å². The van der Waals surface area contributed by atoms with Crippen molar-refractivity contribution in [2.24, 2.45) is 0 Å². The van der Waals surface area contributed by atoms with Crippen LogP contribution in [0.5, 0.6) is 11.5 Å². The standard InChI is InChI=1S/C16H16ClNO3/c1-9(2)12-8-15(10(3)6-13(12)17)21-11-4-5-18-14(7-11)16(19)20/h4-9H,1-3H3,(H,19,20). The Hall–Kier alpha value is -2.07. The second-order valence-corrected chi connectivity index (χ2v) is 5.49. The van der Waals surface area contributed by atoms with Gasteiger partial charge in [0.25, 0.3) is 0 Å². The van der Waals surface area contributed by atoms with Crippen molar-refractivity contribution in [3.63, 3.8) is 0 Å². The van der Waals surface area contributed by atoms with Gasteiger partial charge in [0.15, 0.2) is 5.69 Å². The number of carboxylic acids is 1. The van der Waals surface area contributed by atoms with Gasteiger partial charge in [-0.3, -0.25) is 0 Å². The predicted molar refractivity (Wildman–Crippen MR) is 81.5 cm³/mol. The Morgan fingerprint density at radius 3 is 2.67 bits per heavy atom. The number of benzene rings is 1. The summed E-state index contributed by atoms with van der Waals surface area (Å²) in [6.07, 6.45) is 1.41. The van der Waals surface area contributed by atoms with E-state index in [1.54, 1.807) is 6.07 Å². The molecule has 0 atom stereocenters. The van der Waals surface area contributed by atoms with Crippen molar-refractivity contribution in [3.8, 4) is 11.5 Å². The molecule has 0 saturated carbocycles. The lowest BCUT2D eigenvalue weighted by Gasteiger charge is -2.14. The van der Waals surface area contributed by atoms with E-state index >= 15 is 0 Å². The third-order valence-corrected chi connectivity index (χ3v) is 3.42. The van der Waals surface area contributed by atoms with Crippen LogP contribution in [0.2, 0.25) is 5.02 Å². The fourth-order valence-electron chi connectivity index (χ4n) is 1.94. The second kappa shape index (κ2) is 6.14. The summed E-state index contributed by atoms with van der Waals surface area (Å²) in [5.41, 5.74) is 1.83. The molecule has 21 heavy (non-hydrogen) atoms.